The number of thioether (sulfide) groups is 1. The van der Waals surface area contributed by atoms with Gasteiger partial charge in [0.1, 0.15) is 0 Å². The second-order valence-electron chi connectivity index (χ2n) is 6.37. The third-order valence-electron chi connectivity index (χ3n) is 4.21. The molecule has 0 saturated heterocycles. The van der Waals surface area contributed by atoms with Crippen LogP contribution >= 0.6 is 19.7 Å². The molecule has 0 aliphatic heterocycles. The van der Waals surface area contributed by atoms with Gasteiger partial charge in [0.15, 0.2) is 0 Å². The average Bonchev–Trinajstić information content (AvgIpc) is 2.70. The van der Waals surface area contributed by atoms with Gasteiger partial charge in [-0.05, 0) is 54.3 Å². The molecule has 0 heterocycles. The van der Waals surface area contributed by atoms with Crippen LogP contribution in [0.5, 0.6) is 0 Å². The van der Waals surface area contributed by atoms with Crippen LogP contribution in [0.15, 0.2) is 71.4 Å². The fraction of sp³-hybridized carbons (Fsp3) is 0.391. The van der Waals surface area contributed by atoms with E-state index in [0.29, 0.717) is 0 Å². The summed E-state index contributed by atoms with van der Waals surface area (Å²) in [5, 5.41) is 11.9. The Morgan fingerprint density at radius 1 is 0.885 bits per heavy atom. The summed E-state index contributed by atoms with van der Waals surface area (Å²) in [6.45, 7) is 2.54. The van der Waals surface area contributed by atoms with Crippen LogP contribution in [0, 0.1) is 0 Å². The Kier molecular flexibility index (Phi) is 10.7. The van der Waals surface area contributed by atoms with Crippen LogP contribution in [0.4, 0.5) is 0 Å². The minimum atomic E-state index is -0.481. The number of aliphatic hydroxyl groups is 1. The van der Waals surface area contributed by atoms with Gasteiger partial charge in [0, 0.05) is 6.61 Å². The average molecular weight is 387 g/mol. The molecule has 0 fully saturated rings. The molecule has 0 amide bonds. The molecule has 0 unspecified atom stereocenters. The first-order chi connectivity index (χ1) is 12.8. The van der Waals surface area contributed by atoms with E-state index in [4.69, 9.17) is 5.11 Å². The minimum absolute atomic E-state index is 0.280. The van der Waals surface area contributed by atoms with E-state index < -0.39 is 7.92 Å². The molecule has 2 aromatic rings. The SMILES string of the molecule is CCCCCC/C(=C/P(c1ccccc1)c1ccccc1)SCCCO. The number of allylic oxidation sites excluding steroid dienone is 1. The lowest BCUT2D eigenvalue weighted by Gasteiger charge is -2.17. The van der Waals surface area contributed by atoms with Crippen molar-refractivity contribution in [1.82, 2.24) is 0 Å². The first-order valence-corrected chi connectivity index (χ1v) is 12.1. The minimum Gasteiger partial charge on any atom is -0.396 e. The van der Waals surface area contributed by atoms with E-state index in [0.717, 1.165) is 18.6 Å². The van der Waals surface area contributed by atoms with E-state index in [1.54, 1.807) is 0 Å². The number of hydrogen-bond donors (Lipinski definition) is 1. The molecule has 0 bridgehead atoms. The first-order valence-electron chi connectivity index (χ1n) is 9.69. The van der Waals surface area contributed by atoms with Gasteiger partial charge in [-0.3, -0.25) is 0 Å². The molecular formula is C23H31OPS. The molecule has 0 saturated carbocycles. The summed E-state index contributed by atoms with van der Waals surface area (Å²) in [6, 6.07) is 21.8. The van der Waals surface area contributed by atoms with Crippen molar-refractivity contribution in [2.45, 2.75) is 45.4 Å². The van der Waals surface area contributed by atoms with E-state index in [1.807, 2.05) is 11.8 Å². The highest BCUT2D eigenvalue weighted by Gasteiger charge is 2.12. The van der Waals surface area contributed by atoms with Crippen LogP contribution < -0.4 is 10.6 Å². The summed E-state index contributed by atoms with van der Waals surface area (Å²) in [5.74, 6) is 3.52. The monoisotopic (exact) mass is 386 g/mol. The van der Waals surface area contributed by atoms with Crippen LogP contribution in [-0.4, -0.2) is 17.5 Å². The van der Waals surface area contributed by atoms with Gasteiger partial charge >= 0.3 is 0 Å². The van der Waals surface area contributed by atoms with Crippen LogP contribution in [0.3, 0.4) is 0 Å². The maximum Gasteiger partial charge on any atom is 0.0439 e. The van der Waals surface area contributed by atoms with Gasteiger partial charge in [-0.1, -0.05) is 86.8 Å². The molecule has 0 radical (unpaired) electrons. The summed E-state index contributed by atoms with van der Waals surface area (Å²) in [4.78, 5) is 1.49. The highest BCUT2D eigenvalue weighted by atomic mass is 32.2. The Labute approximate surface area is 164 Å². The molecule has 2 rings (SSSR count). The molecule has 0 aliphatic rings. The number of unbranched alkanes of at least 4 members (excludes halogenated alkanes) is 3. The molecule has 0 atom stereocenters. The third kappa shape index (κ3) is 7.66. The summed E-state index contributed by atoms with van der Waals surface area (Å²) in [7, 11) is -0.481. The van der Waals surface area contributed by atoms with Crippen LogP contribution in [0.1, 0.15) is 45.4 Å². The Morgan fingerprint density at radius 2 is 1.50 bits per heavy atom. The van der Waals surface area contributed by atoms with Crippen molar-refractivity contribution < 1.29 is 5.11 Å². The van der Waals surface area contributed by atoms with Crippen molar-refractivity contribution in [3.8, 4) is 0 Å². The highest BCUT2D eigenvalue weighted by Crippen LogP contribution is 2.40. The van der Waals surface area contributed by atoms with E-state index in [9.17, 15) is 0 Å². The Hall–Kier alpha value is -1.08. The predicted octanol–water partition coefficient (Wildman–Crippen LogP) is 6.05. The molecule has 2 aromatic carbocycles. The van der Waals surface area contributed by atoms with Gasteiger partial charge in [-0.15, -0.1) is 11.8 Å². The van der Waals surface area contributed by atoms with E-state index in [1.165, 1.54) is 41.2 Å². The normalized spacial score (nSPS) is 11.9. The van der Waals surface area contributed by atoms with Crippen molar-refractivity contribution in [3.05, 3.63) is 71.4 Å². The summed E-state index contributed by atoms with van der Waals surface area (Å²) in [6.07, 6.45) is 7.19. The molecule has 0 aromatic heterocycles. The molecule has 1 nitrogen and oxygen atoms in total. The fourth-order valence-electron chi connectivity index (χ4n) is 2.79. The van der Waals surface area contributed by atoms with Gasteiger partial charge in [0.05, 0.1) is 0 Å². The highest BCUT2D eigenvalue weighted by molar-refractivity contribution is 8.03. The second kappa shape index (κ2) is 13.1. The van der Waals surface area contributed by atoms with Gasteiger partial charge in [0.25, 0.3) is 0 Å². The quantitative estimate of drug-likeness (QED) is 0.354. The largest absolute Gasteiger partial charge is 0.396 e. The number of benzene rings is 2. The predicted molar refractivity (Wildman–Crippen MR) is 120 cm³/mol. The smallest absolute Gasteiger partial charge is 0.0439 e. The maximum absolute atomic E-state index is 9.13. The molecular weight excluding hydrogens is 355 g/mol. The van der Waals surface area contributed by atoms with Gasteiger partial charge in [-0.2, -0.15) is 0 Å². The molecule has 140 valence electrons. The topological polar surface area (TPSA) is 20.2 Å². The Bertz CT molecular complexity index is 588. The number of rotatable bonds is 12. The van der Waals surface area contributed by atoms with Crippen molar-refractivity contribution in [2.75, 3.05) is 12.4 Å². The van der Waals surface area contributed by atoms with Gasteiger partial charge in [-0.25, -0.2) is 0 Å². The van der Waals surface area contributed by atoms with E-state index >= 15 is 0 Å². The third-order valence-corrected chi connectivity index (χ3v) is 7.85. The number of hydrogen-bond acceptors (Lipinski definition) is 2. The summed E-state index contributed by atoms with van der Waals surface area (Å²) >= 11 is 1.94. The zero-order valence-electron chi connectivity index (χ0n) is 15.8. The fourth-order valence-corrected chi connectivity index (χ4v) is 6.23. The van der Waals surface area contributed by atoms with Crippen molar-refractivity contribution in [3.63, 3.8) is 0 Å². The molecule has 26 heavy (non-hydrogen) atoms. The van der Waals surface area contributed by atoms with E-state index in [-0.39, 0.29) is 6.61 Å². The zero-order valence-corrected chi connectivity index (χ0v) is 17.5. The Balaban J connectivity index is 2.22. The van der Waals surface area contributed by atoms with Crippen molar-refractivity contribution >= 4 is 30.3 Å². The van der Waals surface area contributed by atoms with E-state index in [2.05, 4.69) is 73.4 Å². The van der Waals surface area contributed by atoms with Crippen LogP contribution in [0.25, 0.3) is 0 Å². The Morgan fingerprint density at radius 3 is 2.04 bits per heavy atom. The molecule has 0 spiro atoms. The molecule has 1 N–H and O–H groups in total. The van der Waals surface area contributed by atoms with Crippen molar-refractivity contribution in [2.24, 2.45) is 0 Å². The summed E-state index contributed by atoms with van der Waals surface area (Å²) in [5.41, 5.74) is 0. The standard InChI is InChI=1S/C23H31OPS/c1-2-3-4-11-17-23(26-19-12-18-24)20-25(21-13-7-5-8-14-21)22-15-9-6-10-16-22/h5-10,13-16,20,24H,2-4,11-12,17-19H2,1H3/b23-20-. The second-order valence-corrected chi connectivity index (χ2v) is 9.63. The molecule has 3 heteroatoms. The lowest BCUT2D eigenvalue weighted by atomic mass is 10.1. The lowest BCUT2D eigenvalue weighted by Crippen LogP contribution is -2.09. The first kappa shape index (κ1) is 21.2. The van der Waals surface area contributed by atoms with Gasteiger partial charge in [0.2, 0.25) is 0 Å². The molecule has 0 aliphatic carbocycles. The summed E-state index contributed by atoms with van der Waals surface area (Å²) < 4.78 is 0. The zero-order chi connectivity index (χ0) is 18.5. The van der Waals surface area contributed by atoms with Crippen LogP contribution in [0.2, 0.25) is 0 Å². The van der Waals surface area contributed by atoms with Gasteiger partial charge < -0.3 is 5.11 Å². The van der Waals surface area contributed by atoms with Crippen molar-refractivity contribution in [1.29, 1.82) is 0 Å². The lowest BCUT2D eigenvalue weighted by molar-refractivity contribution is 0.296. The van der Waals surface area contributed by atoms with Crippen LogP contribution in [-0.2, 0) is 0 Å². The number of aliphatic hydroxyl groups excluding tert-OH is 1. The maximum atomic E-state index is 9.13.